The molecule has 1 aromatic heterocycles. The number of hydrogen-bond donors (Lipinski definition) is 1. The van der Waals surface area contributed by atoms with Gasteiger partial charge in [0, 0.05) is 4.88 Å². The van der Waals surface area contributed by atoms with Crippen LogP contribution in [0.2, 0.25) is 0 Å². The molecule has 26 heavy (non-hydrogen) atoms. The van der Waals surface area contributed by atoms with E-state index >= 15 is 0 Å². The van der Waals surface area contributed by atoms with Gasteiger partial charge in [0.25, 0.3) is 5.91 Å². The summed E-state index contributed by atoms with van der Waals surface area (Å²) < 4.78 is 9.74. The van der Waals surface area contributed by atoms with Crippen molar-refractivity contribution in [3.63, 3.8) is 0 Å². The number of thioether (sulfide) groups is 1. The molecule has 8 nitrogen and oxygen atoms in total. The summed E-state index contributed by atoms with van der Waals surface area (Å²) in [6.07, 6.45) is 2.63. The summed E-state index contributed by atoms with van der Waals surface area (Å²) in [7, 11) is 1.30. The lowest BCUT2D eigenvalue weighted by Gasteiger charge is -2.13. The van der Waals surface area contributed by atoms with Crippen molar-refractivity contribution >= 4 is 51.9 Å². The minimum Gasteiger partial charge on any atom is -0.465 e. The Morgan fingerprint density at radius 2 is 2.08 bits per heavy atom. The smallest absolute Gasteiger partial charge is 0.341 e. The molecule has 10 heteroatoms. The number of rotatable bonds is 6. The maximum atomic E-state index is 12.1. The molecule has 140 valence electrons. The van der Waals surface area contributed by atoms with Crippen molar-refractivity contribution in [2.24, 2.45) is 0 Å². The van der Waals surface area contributed by atoms with E-state index in [1.165, 1.54) is 35.1 Å². The molecule has 0 unspecified atom stereocenters. The summed E-state index contributed by atoms with van der Waals surface area (Å²) in [5.41, 5.74) is 1.32. The van der Waals surface area contributed by atoms with E-state index in [2.05, 4.69) is 5.32 Å². The molecule has 1 saturated heterocycles. The Morgan fingerprint density at radius 1 is 1.27 bits per heavy atom. The quantitative estimate of drug-likeness (QED) is 0.714. The third-order valence-electron chi connectivity index (χ3n) is 4.07. The lowest BCUT2D eigenvalue weighted by molar-refractivity contribution is -0.150. The van der Waals surface area contributed by atoms with Crippen LogP contribution in [0.4, 0.5) is 5.00 Å². The van der Waals surface area contributed by atoms with Gasteiger partial charge in [0.05, 0.1) is 24.3 Å². The second kappa shape index (κ2) is 8.09. The highest BCUT2D eigenvalue weighted by atomic mass is 32.2. The van der Waals surface area contributed by atoms with Crippen LogP contribution < -0.4 is 5.32 Å². The molecule has 0 spiro atoms. The van der Waals surface area contributed by atoms with Crippen molar-refractivity contribution in [2.75, 3.05) is 37.2 Å². The summed E-state index contributed by atoms with van der Waals surface area (Å²) in [6.45, 7) is -0.642. The number of aryl methyl sites for hydroxylation is 1. The zero-order valence-corrected chi connectivity index (χ0v) is 15.8. The summed E-state index contributed by atoms with van der Waals surface area (Å²) in [5.74, 6) is -0.978. The van der Waals surface area contributed by atoms with Gasteiger partial charge >= 0.3 is 11.9 Å². The van der Waals surface area contributed by atoms with E-state index in [9.17, 15) is 19.2 Å². The number of nitrogens with zero attached hydrogens (tertiary/aromatic N) is 1. The van der Waals surface area contributed by atoms with E-state index < -0.39 is 24.5 Å². The number of methoxy groups -OCH3 is 1. The van der Waals surface area contributed by atoms with E-state index in [0.29, 0.717) is 22.2 Å². The highest BCUT2D eigenvalue weighted by Crippen LogP contribution is 2.39. The Bertz CT molecular complexity index is 760. The van der Waals surface area contributed by atoms with Crippen LogP contribution in [0.5, 0.6) is 0 Å². The average molecular weight is 398 g/mol. The standard InChI is InChI=1S/C16H18N2O6S2/c1-23-16(22)14-9-3-2-4-10(9)26-15(14)17-11(19)6-24-13(21)5-18-8-25-7-12(18)20/h2-8H2,1H3,(H,17,19). The number of esters is 2. The van der Waals surface area contributed by atoms with Gasteiger partial charge in [-0.1, -0.05) is 0 Å². The third-order valence-corrected chi connectivity index (χ3v) is 6.23. The van der Waals surface area contributed by atoms with Gasteiger partial charge in [0.1, 0.15) is 11.5 Å². The van der Waals surface area contributed by atoms with Gasteiger partial charge in [-0.05, 0) is 24.8 Å². The largest absolute Gasteiger partial charge is 0.465 e. The Morgan fingerprint density at radius 3 is 2.77 bits per heavy atom. The first-order valence-corrected chi connectivity index (χ1v) is 10.0. The van der Waals surface area contributed by atoms with Crippen molar-refractivity contribution in [3.05, 3.63) is 16.0 Å². The van der Waals surface area contributed by atoms with Crippen LogP contribution in [0.15, 0.2) is 0 Å². The van der Waals surface area contributed by atoms with E-state index in [0.717, 1.165) is 29.7 Å². The fraction of sp³-hybridized carbons (Fsp3) is 0.500. The van der Waals surface area contributed by atoms with Gasteiger partial charge in [-0.15, -0.1) is 23.1 Å². The number of carbonyl (C=O) groups is 4. The van der Waals surface area contributed by atoms with Crippen molar-refractivity contribution in [2.45, 2.75) is 19.3 Å². The second-order valence-corrected chi connectivity index (χ2v) is 7.89. The van der Waals surface area contributed by atoms with E-state index in [-0.39, 0.29) is 12.5 Å². The average Bonchev–Trinajstić information content (AvgIpc) is 3.29. The molecule has 0 aromatic carbocycles. The molecule has 0 atom stereocenters. The predicted molar refractivity (Wildman–Crippen MR) is 96.3 cm³/mol. The number of amides is 2. The molecule has 1 N–H and O–H groups in total. The maximum absolute atomic E-state index is 12.1. The normalized spacial score (nSPS) is 15.7. The van der Waals surface area contributed by atoms with E-state index in [4.69, 9.17) is 9.47 Å². The highest BCUT2D eigenvalue weighted by Gasteiger charge is 2.28. The molecular weight excluding hydrogens is 380 g/mol. The molecule has 3 rings (SSSR count). The number of carbonyl (C=O) groups excluding carboxylic acids is 4. The molecule has 1 aliphatic heterocycles. The van der Waals surface area contributed by atoms with Gasteiger partial charge in [-0.2, -0.15) is 0 Å². The van der Waals surface area contributed by atoms with Gasteiger partial charge < -0.3 is 19.7 Å². The molecular formula is C16H18N2O6S2. The minimum absolute atomic E-state index is 0.118. The molecule has 1 aromatic rings. The summed E-state index contributed by atoms with van der Waals surface area (Å²) in [5, 5.41) is 3.05. The van der Waals surface area contributed by atoms with Crippen LogP contribution in [0.25, 0.3) is 0 Å². The number of thiophene rings is 1. The zero-order valence-electron chi connectivity index (χ0n) is 14.2. The van der Waals surface area contributed by atoms with Crippen molar-refractivity contribution in [1.82, 2.24) is 4.90 Å². The zero-order chi connectivity index (χ0) is 18.7. The van der Waals surface area contributed by atoms with Crippen LogP contribution >= 0.6 is 23.1 Å². The molecule has 2 amide bonds. The van der Waals surface area contributed by atoms with Crippen LogP contribution in [-0.4, -0.2) is 60.5 Å². The fourth-order valence-electron chi connectivity index (χ4n) is 2.86. The lowest BCUT2D eigenvalue weighted by atomic mass is 10.1. The Kier molecular flexibility index (Phi) is 5.82. The Balaban J connectivity index is 1.56. The predicted octanol–water partition coefficient (Wildman–Crippen LogP) is 1.04. The van der Waals surface area contributed by atoms with Gasteiger partial charge in [-0.3, -0.25) is 14.4 Å². The monoisotopic (exact) mass is 398 g/mol. The van der Waals surface area contributed by atoms with E-state index in [1.807, 2.05) is 0 Å². The van der Waals surface area contributed by atoms with Crippen LogP contribution in [-0.2, 0) is 36.7 Å². The first kappa shape index (κ1) is 18.7. The first-order valence-electron chi connectivity index (χ1n) is 8.03. The molecule has 2 heterocycles. The summed E-state index contributed by atoms with van der Waals surface area (Å²) in [6, 6.07) is 0. The Labute approximate surface area is 158 Å². The van der Waals surface area contributed by atoms with Gasteiger partial charge in [-0.25, -0.2) is 4.79 Å². The van der Waals surface area contributed by atoms with Crippen LogP contribution in [0.1, 0.15) is 27.2 Å². The van der Waals surface area contributed by atoms with Crippen LogP contribution in [0, 0.1) is 0 Å². The van der Waals surface area contributed by atoms with Crippen molar-refractivity contribution < 1.29 is 28.7 Å². The molecule has 0 saturated carbocycles. The lowest BCUT2D eigenvalue weighted by Crippen LogP contribution is -2.33. The second-order valence-electron chi connectivity index (χ2n) is 5.83. The van der Waals surface area contributed by atoms with Gasteiger partial charge in [0.2, 0.25) is 5.91 Å². The first-order chi connectivity index (χ1) is 12.5. The number of ether oxygens (including phenoxy) is 2. The molecule has 2 aliphatic rings. The number of hydrogen-bond acceptors (Lipinski definition) is 8. The topological polar surface area (TPSA) is 102 Å². The summed E-state index contributed by atoms with van der Waals surface area (Å²) in [4.78, 5) is 49.8. The minimum atomic E-state index is -0.641. The molecule has 1 fully saturated rings. The number of anilines is 1. The molecule has 0 radical (unpaired) electrons. The van der Waals surface area contributed by atoms with E-state index in [1.54, 1.807) is 0 Å². The third kappa shape index (κ3) is 4.01. The summed E-state index contributed by atoms with van der Waals surface area (Å²) >= 11 is 2.78. The Hall–Kier alpha value is -2.07. The number of nitrogens with one attached hydrogen (secondary N) is 1. The maximum Gasteiger partial charge on any atom is 0.341 e. The molecule has 1 aliphatic carbocycles. The van der Waals surface area contributed by atoms with Crippen molar-refractivity contribution in [3.8, 4) is 0 Å². The number of fused-ring (bicyclic) bond motifs is 1. The SMILES string of the molecule is COC(=O)c1c(NC(=O)COC(=O)CN2CSCC2=O)sc2c1CCC2. The fourth-order valence-corrected chi connectivity index (χ4v) is 5.06. The highest BCUT2D eigenvalue weighted by molar-refractivity contribution is 8.00. The van der Waals surface area contributed by atoms with Gasteiger partial charge in [0.15, 0.2) is 6.61 Å². The van der Waals surface area contributed by atoms with Crippen molar-refractivity contribution in [1.29, 1.82) is 0 Å². The van der Waals surface area contributed by atoms with Crippen LogP contribution in [0.3, 0.4) is 0 Å². The molecule has 0 bridgehead atoms.